The van der Waals surface area contributed by atoms with E-state index in [9.17, 15) is 8.78 Å². The summed E-state index contributed by atoms with van der Waals surface area (Å²) in [5.74, 6) is -3.30. The highest BCUT2D eigenvalue weighted by Crippen LogP contribution is 2.53. The Balaban J connectivity index is 2.71. The van der Waals surface area contributed by atoms with Crippen LogP contribution in [0.25, 0.3) is 0 Å². The van der Waals surface area contributed by atoms with Crippen molar-refractivity contribution in [3.05, 3.63) is 0 Å². The maximum atomic E-state index is 13.3. The van der Waals surface area contributed by atoms with Crippen LogP contribution < -0.4 is 0 Å². The van der Waals surface area contributed by atoms with Crippen molar-refractivity contribution in [2.24, 2.45) is 5.92 Å². The van der Waals surface area contributed by atoms with Gasteiger partial charge in [-0.3, -0.25) is 0 Å². The van der Waals surface area contributed by atoms with Gasteiger partial charge in [0.05, 0.1) is 0 Å². The van der Waals surface area contributed by atoms with Crippen molar-refractivity contribution >= 4 is 0 Å². The van der Waals surface area contributed by atoms with E-state index in [-0.39, 0.29) is 0 Å². The van der Waals surface area contributed by atoms with Crippen LogP contribution in [0.15, 0.2) is 0 Å². The zero-order valence-corrected chi connectivity index (χ0v) is 7.16. The quantitative estimate of drug-likeness (QED) is 0.622. The molecule has 1 aliphatic carbocycles. The lowest BCUT2D eigenvalue weighted by atomic mass is 9.99. The molecule has 0 aromatic carbocycles. The van der Waals surface area contributed by atoms with E-state index >= 15 is 0 Å². The van der Waals surface area contributed by atoms with Gasteiger partial charge in [-0.2, -0.15) is 0 Å². The lowest BCUT2D eigenvalue weighted by Crippen LogP contribution is -2.41. The fourth-order valence-electron chi connectivity index (χ4n) is 1.31. The Morgan fingerprint density at radius 3 is 1.91 bits per heavy atom. The first-order chi connectivity index (χ1) is 4.96. The van der Waals surface area contributed by atoms with E-state index in [0.717, 1.165) is 0 Å². The van der Waals surface area contributed by atoms with Crippen LogP contribution >= 0.6 is 0 Å². The van der Waals surface area contributed by atoms with Crippen LogP contribution in [0.4, 0.5) is 8.78 Å². The van der Waals surface area contributed by atoms with Gasteiger partial charge in [0.2, 0.25) is 0 Å². The molecule has 0 aromatic rings. The van der Waals surface area contributed by atoms with E-state index in [0.29, 0.717) is 12.8 Å². The molecule has 11 heavy (non-hydrogen) atoms. The van der Waals surface area contributed by atoms with Crippen LogP contribution in [0, 0.1) is 5.92 Å². The molecule has 0 amide bonds. The normalized spacial score (nSPS) is 22.4. The zero-order chi connectivity index (χ0) is 8.70. The van der Waals surface area contributed by atoms with Gasteiger partial charge in [-0.15, -0.1) is 0 Å². The van der Waals surface area contributed by atoms with Crippen molar-refractivity contribution in [3.8, 4) is 0 Å². The molecule has 3 heteroatoms. The maximum Gasteiger partial charge on any atom is 0.278 e. The minimum absolute atomic E-state index is 0.495. The average Bonchev–Trinajstić information content (AvgIpc) is 2.66. The van der Waals surface area contributed by atoms with Crippen LogP contribution in [0.3, 0.4) is 0 Å². The molecule has 0 atom stereocenters. The van der Waals surface area contributed by atoms with Gasteiger partial charge in [-0.05, 0) is 12.8 Å². The summed E-state index contributed by atoms with van der Waals surface area (Å²) in [5.41, 5.74) is -1.12. The van der Waals surface area contributed by atoms with Gasteiger partial charge in [0.1, 0.15) is 5.60 Å². The Labute approximate surface area is 65.7 Å². The highest BCUT2D eigenvalue weighted by molar-refractivity contribution is 5.07. The molecule has 0 radical (unpaired) electrons. The second-order valence-corrected chi connectivity index (χ2v) is 3.48. The minimum Gasteiger partial charge on any atom is -0.372 e. The zero-order valence-electron chi connectivity index (χ0n) is 7.16. The van der Waals surface area contributed by atoms with Crippen LogP contribution in [-0.4, -0.2) is 18.6 Å². The van der Waals surface area contributed by atoms with Gasteiger partial charge < -0.3 is 4.74 Å². The number of methoxy groups -OCH3 is 1. The summed E-state index contributed by atoms with van der Waals surface area (Å²) in [7, 11) is 1.36. The van der Waals surface area contributed by atoms with Gasteiger partial charge >= 0.3 is 0 Å². The summed E-state index contributed by atoms with van der Waals surface area (Å²) in [6.45, 7) is 3.05. The Morgan fingerprint density at radius 2 is 1.82 bits per heavy atom. The second kappa shape index (κ2) is 2.41. The predicted octanol–water partition coefficient (Wildman–Crippen LogP) is 2.46. The maximum absolute atomic E-state index is 13.3. The summed E-state index contributed by atoms with van der Waals surface area (Å²) in [6.07, 6.45) is 0.989. The smallest absolute Gasteiger partial charge is 0.278 e. The SMILES string of the molecule is COC1(C(F)(F)C(C)C)CC1. The van der Waals surface area contributed by atoms with Crippen molar-refractivity contribution in [3.63, 3.8) is 0 Å². The molecule has 0 saturated heterocycles. The van der Waals surface area contributed by atoms with Crippen molar-refractivity contribution in [1.82, 2.24) is 0 Å². The highest BCUT2D eigenvalue weighted by atomic mass is 19.3. The molecule has 0 aliphatic heterocycles. The molecule has 1 saturated carbocycles. The van der Waals surface area contributed by atoms with Gasteiger partial charge in [0.15, 0.2) is 0 Å². The van der Waals surface area contributed by atoms with Crippen molar-refractivity contribution in [1.29, 1.82) is 0 Å². The third-order valence-corrected chi connectivity index (χ3v) is 2.43. The summed E-state index contributed by atoms with van der Waals surface area (Å²) in [5, 5.41) is 0. The molecule has 1 aliphatic rings. The van der Waals surface area contributed by atoms with E-state index in [1.165, 1.54) is 21.0 Å². The minimum atomic E-state index is -2.66. The van der Waals surface area contributed by atoms with E-state index in [1.54, 1.807) is 0 Å². The summed E-state index contributed by atoms with van der Waals surface area (Å²) in [4.78, 5) is 0. The lowest BCUT2D eigenvalue weighted by Gasteiger charge is -2.28. The fraction of sp³-hybridized carbons (Fsp3) is 1.00. The third kappa shape index (κ3) is 1.15. The van der Waals surface area contributed by atoms with Crippen molar-refractivity contribution in [2.75, 3.05) is 7.11 Å². The summed E-state index contributed by atoms with van der Waals surface area (Å²) in [6, 6.07) is 0. The summed E-state index contributed by atoms with van der Waals surface area (Å²) < 4.78 is 31.3. The van der Waals surface area contributed by atoms with Gasteiger partial charge in [0, 0.05) is 13.0 Å². The first-order valence-corrected chi connectivity index (χ1v) is 3.89. The van der Waals surface area contributed by atoms with Crippen LogP contribution in [-0.2, 0) is 4.74 Å². The van der Waals surface area contributed by atoms with Gasteiger partial charge in [-0.1, -0.05) is 13.8 Å². The molecule has 0 aromatic heterocycles. The second-order valence-electron chi connectivity index (χ2n) is 3.48. The number of alkyl halides is 2. The van der Waals surface area contributed by atoms with Crippen LogP contribution in [0.1, 0.15) is 26.7 Å². The Bertz CT molecular complexity index is 150. The molecule has 1 rings (SSSR count). The summed E-state index contributed by atoms with van der Waals surface area (Å²) >= 11 is 0. The third-order valence-electron chi connectivity index (χ3n) is 2.43. The molecule has 1 fully saturated rings. The van der Waals surface area contributed by atoms with Crippen LogP contribution in [0.2, 0.25) is 0 Å². The molecular formula is C8H14F2O. The number of ether oxygens (including phenoxy) is 1. The number of halogens is 2. The van der Waals surface area contributed by atoms with Crippen molar-refractivity contribution in [2.45, 2.75) is 38.2 Å². The van der Waals surface area contributed by atoms with Crippen molar-refractivity contribution < 1.29 is 13.5 Å². The first kappa shape index (κ1) is 8.91. The number of hydrogen-bond donors (Lipinski definition) is 0. The molecule has 0 N–H and O–H groups in total. The first-order valence-electron chi connectivity index (χ1n) is 3.89. The lowest BCUT2D eigenvalue weighted by molar-refractivity contribution is -0.168. The molecule has 0 spiro atoms. The number of rotatable bonds is 3. The molecule has 0 bridgehead atoms. The van der Waals surface area contributed by atoms with E-state index < -0.39 is 17.4 Å². The van der Waals surface area contributed by atoms with Crippen LogP contribution in [0.5, 0.6) is 0 Å². The van der Waals surface area contributed by atoms with E-state index in [1.807, 2.05) is 0 Å². The predicted molar refractivity (Wildman–Crippen MR) is 38.8 cm³/mol. The molecule has 66 valence electrons. The fourth-order valence-corrected chi connectivity index (χ4v) is 1.31. The molecule has 0 heterocycles. The topological polar surface area (TPSA) is 9.23 Å². The van der Waals surface area contributed by atoms with E-state index in [4.69, 9.17) is 4.74 Å². The highest BCUT2D eigenvalue weighted by Gasteiger charge is 2.63. The standard InChI is InChI=1S/C8H14F2O/c1-6(2)8(9,10)7(11-3)4-5-7/h6H,4-5H2,1-3H3. The average molecular weight is 164 g/mol. The van der Waals surface area contributed by atoms with E-state index in [2.05, 4.69) is 0 Å². The van der Waals surface area contributed by atoms with Gasteiger partial charge in [0.25, 0.3) is 5.92 Å². The molecule has 0 unspecified atom stereocenters. The Hall–Kier alpha value is -0.180. The molecule has 1 nitrogen and oxygen atoms in total. The van der Waals surface area contributed by atoms with Gasteiger partial charge in [-0.25, -0.2) is 8.78 Å². The Morgan fingerprint density at radius 1 is 1.36 bits per heavy atom. The largest absolute Gasteiger partial charge is 0.372 e. The Kier molecular flexibility index (Phi) is 1.95. The molecular weight excluding hydrogens is 150 g/mol. The monoisotopic (exact) mass is 164 g/mol. The number of hydrogen-bond acceptors (Lipinski definition) is 1.